The van der Waals surface area contributed by atoms with Crippen molar-refractivity contribution in [1.29, 1.82) is 0 Å². The fraction of sp³-hybridized carbons (Fsp3) is 0.500. The molecule has 2 rings (SSSR count). The quantitative estimate of drug-likeness (QED) is 0.795. The van der Waals surface area contributed by atoms with Gasteiger partial charge in [-0.25, -0.2) is 0 Å². The number of methoxy groups -OCH3 is 1. The number of carbonyl (C=O) groups is 1. The van der Waals surface area contributed by atoms with Gasteiger partial charge >= 0.3 is 5.97 Å². The molecule has 1 aromatic carbocycles. The third-order valence-electron chi connectivity index (χ3n) is 3.21. The molecule has 1 aromatic rings. The van der Waals surface area contributed by atoms with Crippen molar-refractivity contribution < 1.29 is 24.1 Å². The summed E-state index contributed by atoms with van der Waals surface area (Å²) in [7, 11) is 1.36. The smallest absolute Gasteiger partial charge is 0.323 e. The highest BCUT2D eigenvalue weighted by molar-refractivity contribution is 5.75. The van der Waals surface area contributed by atoms with Gasteiger partial charge in [0.2, 0.25) is 6.79 Å². The Hall–Kier alpha value is -1.95. The number of benzene rings is 1. The minimum atomic E-state index is -0.426. The Kier molecular flexibility index (Phi) is 4.34. The summed E-state index contributed by atoms with van der Waals surface area (Å²) in [5, 5.41) is 13.0. The SMILES string of the molecule is COC(=O)[C@@H](NCc1cc2c(cc1O)OCO2)C(C)C. The van der Waals surface area contributed by atoms with Gasteiger partial charge in [0.25, 0.3) is 0 Å². The van der Waals surface area contributed by atoms with Gasteiger partial charge in [0.15, 0.2) is 11.5 Å². The average molecular weight is 281 g/mol. The molecule has 6 heteroatoms. The van der Waals surface area contributed by atoms with Crippen molar-refractivity contribution in [3.8, 4) is 17.2 Å². The maximum atomic E-state index is 11.7. The summed E-state index contributed by atoms with van der Waals surface area (Å²) in [6.07, 6.45) is 0. The number of phenolic OH excluding ortho intramolecular Hbond substituents is 1. The van der Waals surface area contributed by atoms with Crippen LogP contribution in [0.15, 0.2) is 12.1 Å². The number of fused-ring (bicyclic) bond motifs is 1. The summed E-state index contributed by atoms with van der Waals surface area (Å²) in [5.74, 6) is 0.992. The van der Waals surface area contributed by atoms with E-state index in [9.17, 15) is 9.90 Å². The highest BCUT2D eigenvalue weighted by Crippen LogP contribution is 2.37. The van der Waals surface area contributed by atoms with Crippen LogP contribution in [0.2, 0.25) is 0 Å². The molecule has 0 aliphatic carbocycles. The zero-order chi connectivity index (χ0) is 14.7. The number of phenols is 1. The minimum Gasteiger partial charge on any atom is -0.507 e. The van der Waals surface area contributed by atoms with Gasteiger partial charge in [0.05, 0.1) is 7.11 Å². The first-order valence-electron chi connectivity index (χ1n) is 6.45. The number of aromatic hydroxyl groups is 1. The second kappa shape index (κ2) is 6.00. The molecule has 0 aromatic heterocycles. The summed E-state index contributed by atoms with van der Waals surface area (Å²) in [6, 6.07) is 2.80. The average Bonchev–Trinajstić information content (AvgIpc) is 2.85. The molecular formula is C14H19NO5. The van der Waals surface area contributed by atoms with Crippen molar-refractivity contribution >= 4 is 5.97 Å². The topological polar surface area (TPSA) is 77.0 Å². The van der Waals surface area contributed by atoms with E-state index < -0.39 is 6.04 Å². The van der Waals surface area contributed by atoms with Gasteiger partial charge in [0, 0.05) is 18.2 Å². The van der Waals surface area contributed by atoms with Crippen molar-refractivity contribution in [2.75, 3.05) is 13.9 Å². The lowest BCUT2D eigenvalue weighted by atomic mass is 10.0. The van der Waals surface area contributed by atoms with Gasteiger partial charge in [-0.05, 0) is 12.0 Å². The highest BCUT2D eigenvalue weighted by Gasteiger charge is 2.23. The van der Waals surface area contributed by atoms with E-state index in [4.69, 9.17) is 14.2 Å². The van der Waals surface area contributed by atoms with Crippen LogP contribution < -0.4 is 14.8 Å². The van der Waals surface area contributed by atoms with Crippen LogP contribution in [0.1, 0.15) is 19.4 Å². The maximum absolute atomic E-state index is 11.7. The standard InChI is InChI=1S/C14H19NO5/c1-8(2)13(14(17)18-3)15-6-9-4-11-12(5-10(9)16)20-7-19-11/h4-5,8,13,15-16H,6-7H2,1-3H3/t13-/m0/s1. The van der Waals surface area contributed by atoms with Crippen LogP contribution in [0, 0.1) is 5.92 Å². The van der Waals surface area contributed by atoms with Gasteiger partial charge in [-0.2, -0.15) is 0 Å². The minimum absolute atomic E-state index is 0.0820. The van der Waals surface area contributed by atoms with Crippen LogP contribution in [-0.4, -0.2) is 31.0 Å². The molecular weight excluding hydrogens is 262 g/mol. The molecule has 20 heavy (non-hydrogen) atoms. The number of nitrogens with one attached hydrogen (secondary N) is 1. The molecule has 0 spiro atoms. The maximum Gasteiger partial charge on any atom is 0.323 e. The van der Waals surface area contributed by atoms with Crippen LogP contribution in [0.25, 0.3) is 0 Å². The van der Waals surface area contributed by atoms with E-state index >= 15 is 0 Å². The molecule has 6 nitrogen and oxygen atoms in total. The molecule has 0 unspecified atom stereocenters. The lowest BCUT2D eigenvalue weighted by Gasteiger charge is -2.20. The Morgan fingerprint density at radius 1 is 1.40 bits per heavy atom. The predicted molar refractivity (Wildman–Crippen MR) is 71.7 cm³/mol. The van der Waals surface area contributed by atoms with Crippen molar-refractivity contribution in [2.24, 2.45) is 5.92 Å². The number of esters is 1. The molecule has 1 aliphatic rings. The number of hydrogen-bond donors (Lipinski definition) is 2. The summed E-state index contributed by atoms with van der Waals surface area (Å²) >= 11 is 0. The summed E-state index contributed by atoms with van der Waals surface area (Å²) in [6.45, 7) is 4.34. The van der Waals surface area contributed by atoms with E-state index in [1.165, 1.54) is 13.2 Å². The lowest BCUT2D eigenvalue weighted by molar-refractivity contribution is -0.144. The Bertz CT molecular complexity index is 501. The molecule has 0 amide bonds. The van der Waals surface area contributed by atoms with Gasteiger partial charge in [-0.1, -0.05) is 13.8 Å². The fourth-order valence-electron chi connectivity index (χ4n) is 2.05. The third kappa shape index (κ3) is 2.96. The van der Waals surface area contributed by atoms with E-state index in [-0.39, 0.29) is 24.4 Å². The zero-order valence-electron chi connectivity index (χ0n) is 11.8. The molecule has 1 heterocycles. The molecule has 1 aliphatic heterocycles. The number of hydrogen-bond acceptors (Lipinski definition) is 6. The molecule has 2 N–H and O–H groups in total. The van der Waals surface area contributed by atoms with Gasteiger partial charge < -0.3 is 19.3 Å². The normalized spacial score (nSPS) is 14.4. The van der Waals surface area contributed by atoms with E-state index in [1.807, 2.05) is 13.8 Å². The second-order valence-corrected chi connectivity index (χ2v) is 4.96. The van der Waals surface area contributed by atoms with E-state index in [1.54, 1.807) is 6.07 Å². The van der Waals surface area contributed by atoms with E-state index in [0.717, 1.165) is 0 Å². The molecule has 0 bridgehead atoms. The van der Waals surface area contributed by atoms with Crippen LogP contribution in [-0.2, 0) is 16.1 Å². The molecule has 110 valence electrons. The number of carbonyl (C=O) groups excluding carboxylic acids is 1. The van der Waals surface area contributed by atoms with E-state index in [2.05, 4.69) is 5.32 Å². The first-order chi connectivity index (χ1) is 9.52. The summed E-state index contributed by atoms with van der Waals surface area (Å²) in [5.41, 5.74) is 0.642. The zero-order valence-corrected chi connectivity index (χ0v) is 11.8. The van der Waals surface area contributed by atoms with Crippen molar-refractivity contribution in [3.05, 3.63) is 17.7 Å². The first kappa shape index (κ1) is 14.5. The lowest BCUT2D eigenvalue weighted by Crippen LogP contribution is -2.41. The molecule has 1 atom stereocenters. The fourth-order valence-corrected chi connectivity index (χ4v) is 2.05. The van der Waals surface area contributed by atoms with Crippen molar-refractivity contribution in [3.63, 3.8) is 0 Å². The highest BCUT2D eigenvalue weighted by atomic mass is 16.7. The summed E-state index contributed by atoms with van der Waals surface area (Å²) in [4.78, 5) is 11.7. The Balaban J connectivity index is 2.08. The van der Waals surface area contributed by atoms with Gasteiger partial charge in [-0.15, -0.1) is 0 Å². The largest absolute Gasteiger partial charge is 0.507 e. The van der Waals surface area contributed by atoms with Crippen molar-refractivity contribution in [1.82, 2.24) is 5.32 Å². The van der Waals surface area contributed by atoms with Crippen LogP contribution in [0.4, 0.5) is 0 Å². The Morgan fingerprint density at radius 3 is 2.65 bits per heavy atom. The summed E-state index contributed by atoms with van der Waals surface area (Å²) < 4.78 is 15.2. The monoisotopic (exact) mass is 281 g/mol. The van der Waals surface area contributed by atoms with Crippen molar-refractivity contribution in [2.45, 2.75) is 26.4 Å². The first-order valence-corrected chi connectivity index (χ1v) is 6.45. The Morgan fingerprint density at radius 2 is 2.05 bits per heavy atom. The van der Waals surface area contributed by atoms with Crippen LogP contribution >= 0.6 is 0 Å². The predicted octanol–water partition coefficient (Wildman–Crippen LogP) is 1.41. The number of ether oxygens (including phenoxy) is 3. The molecule has 0 saturated heterocycles. The van der Waals surface area contributed by atoms with Gasteiger partial charge in [0.1, 0.15) is 11.8 Å². The van der Waals surface area contributed by atoms with Crippen LogP contribution in [0.5, 0.6) is 17.2 Å². The molecule has 0 saturated carbocycles. The molecule has 0 fully saturated rings. The van der Waals surface area contributed by atoms with E-state index in [0.29, 0.717) is 23.6 Å². The van der Waals surface area contributed by atoms with Crippen LogP contribution in [0.3, 0.4) is 0 Å². The third-order valence-corrected chi connectivity index (χ3v) is 3.21. The Labute approximate surface area is 117 Å². The van der Waals surface area contributed by atoms with Gasteiger partial charge in [-0.3, -0.25) is 10.1 Å². The number of rotatable bonds is 5. The second-order valence-electron chi connectivity index (χ2n) is 4.96. The molecule has 0 radical (unpaired) electrons.